The highest BCUT2D eigenvalue weighted by Gasteiger charge is 2.27. The number of ether oxygens (including phenoxy) is 1. The maximum absolute atomic E-state index is 12.0. The number of carbonyl (C=O) groups is 1. The molecule has 4 heteroatoms. The van der Waals surface area contributed by atoms with E-state index in [0.717, 1.165) is 23.9 Å². The van der Waals surface area contributed by atoms with Crippen molar-refractivity contribution in [3.05, 3.63) is 29.8 Å². The maximum atomic E-state index is 12.0. The Kier molecular flexibility index (Phi) is 5.89. The molecule has 0 spiro atoms. The van der Waals surface area contributed by atoms with E-state index >= 15 is 0 Å². The second kappa shape index (κ2) is 7.67. The molecule has 1 N–H and O–H groups in total. The predicted molar refractivity (Wildman–Crippen MR) is 84.4 cm³/mol. The summed E-state index contributed by atoms with van der Waals surface area (Å²) in [4.78, 5) is 12.0. The summed E-state index contributed by atoms with van der Waals surface area (Å²) < 4.78 is 5.12. The second-order valence-corrected chi connectivity index (χ2v) is 6.01. The fraction of sp³-hybridized carbons (Fsp3) is 0.562. The Hall–Kier alpha value is -1.03. The third-order valence-corrected chi connectivity index (χ3v) is 4.84. The van der Waals surface area contributed by atoms with E-state index in [9.17, 15) is 4.79 Å². The van der Waals surface area contributed by atoms with Crippen molar-refractivity contribution in [2.45, 2.75) is 38.1 Å². The minimum Gasteiger partial charge on any atom is -0.497 e. The largest absolute Gasteiger partial charge is 0.497 e. The molecule has 0 heterocycles. The third kappa shape index (κ3) is 4.23. The lowest BCUT2D eigenvalue weighted by atomic mass is 10.1. The van der Waals surface area contributed by atoms with E-state index in [4.69, 9.17) is 4.74 Å². The van der Waals surface area contributed by atoms with Crippen molar-refractivity contribution in [2.24, 2.45) is 5.92 Å². The standard InChI is InChI=1S/C16H22BrNO2/c1-20-14-8-5-12(6-9-14)7-10-16(19)18-15-4-2-3-13(15)11-17/h5-6,8-9,13,15H,2-4,7,10-11H2,1H3,(H,18,19). The van der Waals surface area contributed by atoms with Gasteiger partial charge in [0.1, 0.15) is 5.75 Å². The molecular formula is C16H22BrNO2. The van der Waals surface area contributed by atoms with Crippen molar-refractivity contribution in [1.82, 2.24) is 5.32 Å². The van der Waals surface area contributed by atoms with Gasteiger partial charge in [0.05, 0.1) is 7.11 Å². The first-order chi connectivity index (χ1) is 9.72. The summed E-state index contributed by atoms with van der Waals surface area (Å²) in [6.07, 6.45) is 4.89. The van der Waals surface area contributed by atoms with E-state index in [1.807, 2.05) is 24.3 Å². The Bertz CT molecular complexity index is 433. The minimum atomic E-state index is 0.165. The summed E-state index contributed by atoms with van der Waals surface area (Å²) in [5.41, 5.74) is 1.17. The van der Waals surface area contributed by atoms with E-state index in [-0.39, 0.29) is 5.91 Å². The van der Waals surface area contributed by atoms with Crippen molar-refractivity contribution >= 4 is 21.8 Å². The van der Waals surface area contributed by atoms with Crippen LogP contribution in [-0.4, -0.2) is 24.4 Å². The molecule has 0 aromatic heterocycles. The van der Waals surface area contributed by atoms with Crippen molar-refractivity contribution in [2.75, 3.05) is 12.4 Å². The minimum absolute atomic E-state index is 0.165. The lowest BCUT2D eigenvalue weighted by Gasteiger charge is -2.19. The zero-order valence-corrected chi connectivity index (χ0v) is 13.5. The molecule has 2 rings (SSSR count). The Morgan fingerprint density at radius 3 is 2.75 bits per heavy atom. The van der Waals surface area contributed by atoms with Gasteiger partial charge in [-0.05, 0) is 42.9 Å². The molecule has 0 bridgehead atoms. The number of amides is 1. The van der Waals surface area contributed by atoms with Crippen LogP contribution >= 0.6 is 15.9 Å². The average Bonchev–Trinajstić information content (AvgIpc) is 2.92. The summed E-state index contributed by atoms with van der Waals surface area (Å²) in [7, 11) is 1.66. The zero-order valence-electron chi connectivity index (χ0n) is 11.9. The summed E-state index contributed by atoms with van der Waals surface area (Å²) in [5.74, 6) is 1.61. The van der Waals surface area contributed by atoms with Crippen molar-refractivity contribution < 1.29 is 9.53 Å². The molecule has 1 aliphatic rings. The predicted octanol–water partition coefficient (Wildman–Crippen LogP) is 3.31. The molecular weight excluding hydrogens is 318 g/mol. The molecule has 0 saturated heterocycles. The van der Waals surface area contributed by atoms with Gasteiger partial charge in [0.2, 0.25) is 5.91 Å². The van der Waals surface area contributed by atoms with E-state index in [2.05, 4.69) is 21.2 Å². The second-order valence-electron chi connectivity index (χ2n) is 5.37. The molecule has 0 radical (unpaired) electrons. The zero-order chi connectivity index (χ0) is 14.4. The van der Waals surface area contributed by atoms with E-state index in [1.165, 1.54) is 18.4 Å². The number of alkyl halides is 1. The number of aryl methyl sites for hydroxylation is 1. The number of carbonyl (C=O) groups excluding carboxylic acids is 1. The Morgan fingerprint density at radius 2 is 2.10 bits per heavy atom. The van der Waals surface area contributed by atoms with Gasteiger partial charge < -0.3 is 10.1 Å². The first-order valence-electron chi connectivity index (χ1n) is 7.21. The highest BCUT2D eigenvalue weighted by Crippen LogP contribution is 2.27. The number of hydrogen-bond acceptors (Lipinski definition) is 2. The van der Waals surface area contributed by atoms with Gasteiger partial charge in [-0.25, -0.2) is 0 Å². The highest BCUT2D eigenvalue weighted by atomic mass is 79.9. The number of methoxy groups -OCH3 is 1. The maximum Gasteiger partial charge on any atom is 0.220 e. The number of nitrogens with one attached hydrogen (secondary N) is 1. The lowest BCUT2D eigenvalue weighted by Crippen LogP contribution is -2.37. The monoisotopic (exact) mass is 339 g/mol. The molecule has 2 unspecified atom stereocenters. The topological polar surface area (TPSA) is 38.3 Å². The van der Waals surface area contributed by atoms with Crippen LogP contribution in [0.15, 0.2) is 24.3 Å². The normalized spacial score (nSPS) is 21.7. The van der Waals surface area contributed by atoms with E-state index in [0.29, 0.717) is 18.4 Å². The van der Waals surface area contributed by atoms with Crippen LogP contribution in [0.2, 0.25) is 0 Å². The fourth-order valence-electron chi connectivity index (χ4n) is 2.74. The lowest BCUT2D eigenvalue weighted by molar-refractivity contribution is -0.121. The van der Waals surface area contributed by atoms with Crippen LogP contribution in [0.1, 0.15) is 31.2 Å². The van der Waals surface area contributed by atoms with Gasteiger partial charge in [-0.2, -0.15) is 0 Å². The van der Waals surface area contributed by atoms with Gasteiger partial charge in [-0.15, -0.1) is 0 Å². The summed E-state index contributed by atoms with van der Waals surface area (Å²) in [5, 5.41) is 4.16. The number of hydrogen-bond donors (Lipinski definition) is 1. The van der Waals surface area contributed by atoms with Crippen LogP contribution in [0, 0.1) is 5.92 Å². The van der Waals surface area contributed by atoms with Gasteiger partial charge in [0.25, 0.3) is 0 Å². The first-order valence-corrected chi connectivity index (χ1v) is 8.33. The Labute approximate surface area is 129 Å². The molecule has 1 saturated carbocycles. The highest BCUT2D eigenvalue weighted by molar-refractivity contribution is 9.09. The van der Waals surface area contributed by atoms with Crippen LogP contribution in [0.5, 0.6) is 5.75 Å². The van der Waals surface area contributed by atoms with Gasteiger partial charge in [-0.1, -0.05) is 34.5 Å². The molecule has 110 valence electrons. The van der Waals surface area contributed by atoms with Gasteiger partial charge >= 0.3 is 0 Å². The first kappa shape index (κ1) is 15.4. The van der Waals surface area contributed by atoms with Crippen LogP contribution in [0.25, 0.3) is 0 Å². The molecule has 1 aliphatic carbocycles. The van der Waals surface area contributed by atoms with Crippen molar-refractivity contribution in [3.63, 3.8) is 0 Å². The summed E-state index contributed by atoms with van der Waals surface area (Å²) in [6.45, 7) is 0. The number of rotatable bonds is 6. The molecule has 1 fully saturated rings. The smallest absolute Gasteiger partial charge is 0.220 e. The van der Waals surface area contributed by atoms with Crippen LogP contribution in [0.4, 0.5) is 0 Å². The summed E-state index contributed by atoms with van der Waals surface area (Å²) in [6, 6.07) is 8.26. The van der Waals surface area contributed by atoms with E-state index in [1.54, 1.807) is 7.11 Å². The van der Waals surface area contributed by atoms with Crippen LogP contribution < -0.4 is 10.1 Å². The SMILES string of the molecule is COc1ccc(CCC(=O)NC2CCCC2CBr)cc1. The van der Waals surface area contributed by atoms with Gasteiger partial charge in [-0.3, -0.25) is 4.79 Å². The van der Waals surface area contributed by atoms with Crippen molar-refractivity contribution in [3.8, 4) is 5.75 Å². The Balaban J connectivity index is 1.76. The van der Waals surface area contributed by atoms with Gasteiger partial charge in [0, 0.05) is 17.8 Å². The van der Waals surface area contributed by atoms with Crippen LogP contribution in [-0.2, 0) is 11.2 Å². The van der Waals surface area contributed by atoms with E-state index < -0.39 is 0 Å². The number of halogens is 1. The van der Waals surface area contributed by atoms with Crippen LogP contribution in [0.3, 0.4) is 0 Å². The fourth-order valence-corrected chi connectivity index (χ4v) is 3.52. The third-order valence-electron chi connectivity index (χ3n) is 4.00. The quantitative estimate of drug-likeness (QED) is 0.807. The average molecular weight is 340 g/mol. The molecule has 3 nitrogen and oxygen atoms in total. The molecule has 0 aliphatic heterocycles. The van der Waals surface area contributed by atoms with Gasteiger partial charge in [0.15, 0.2) is 0 Å². The molecule has 20 heavy (non-hydrogen) atoms. The number of benzene rings is 1. The molecule has 1 amide bonds. The molecule has 1 aromatic carbocycles. The Morgan fingerprint density at radius 1 is 1.35 bits per heavy atom. The summed E-state index contributed by atoms with van der Waals surface area (Å²) >= 11 is 3.53. The molecule has 2 atom stereocenters. The molecule has 1 aromatic rings. The van der Waals surface area contributed by atoms with Crippen molar-refractivity contribution in [1.29, 1.82) is 0 Å².